The standard InChI is InChI=1S/C25H31Cl3O6S/c1-5-35(30,31)16-21(34-17(2)29)15-33-20-9-7-18(8-10-20)25(3,4)19-13-22(27)24(23(28)14-19)32-12-6-11-26/h7-10,13-14,21H,5-6,11-12,15-16H2,1-4H3. The molecule has 1 atom stereocenters. The highest BCUT2D eigenvalue weighted by Gasteiger charge is 2.26. The molecule has 35 heavy (non-hydrogen) atoms. The van der Waals surface area contributed by atoms with Crippen LogP contribution in [0.5, 0.6) is 11.5 Å². The van der Waals surface area contributed by atoms with Crippen LogP contribution < -0.4 is 9.47 Å². The second kappa shape index (κ2) is 13.0. The molecule has 0 aromatic heterocycles. The van der Waals surface area contributed by atoms with Crippen molar-refractivity contribution in [2.24, 2.45) is 0 Å². The highest BCUT2D eigenvalue weighted by molar-refractivity contribution is 7.91. The molecular formula is C25H31Cl3O6S. The lowest BCUT2D eigenvalue weighted by Gasteiger charge is -2.27. The summed E-state index contributed by atoms with van der Waals surface area (Å²) >= 11 is 18.6. The number of hydrogen-bond acceptors (Lipinski definition) is 6. The number of rotatable bonds is 13. The Labute approximate surface area is 222 Å². The molecule has 1 unspecified atom stereocenters. The molecule has 0 aliphatic carbocycles. The summed E-state index contributed by atoms with van der Waals surface area (Å²) < 4.78 is 40.4. The lowest BCUT2D eigenvalue weighted by atomic mass is 9.78. The Kier molecular flexibility index (Phi) is 11.0. The Bertz CT molecular complexity index is 1080. The lowest BCUT2D eigenvalue weighted by molar-refractivity contribution is -0.146. The summed E-state index contributed by atoms with van der Waals surface area (Å²) in [5, 5.41) is 0.849. The van der Waals surface area contributed by atoms with E-state index < -0.39 is 27.3 Å². The zero-order valence-electron chi connectivity index (χ0n) is 20.3. The number of carbonyl (C=O) groups excluding carboxylic acids is 1. The summed E-state index contributed by atoms with van der Waals surface area (Å²) in [6, 6.07) is 11.1. The van der Waals surface area contributed by atoms with Gasteiger partial charge in [0.15, 0.2) is 15.6 Å². The predicted octanol–water partition coefficient (Wildman–Crippen LogP) is 6.07. The topological polar surface area (TPSA) is 78.9 Å². The molecule has 0 spiro atoms. The first-order chi connectivity index (χ1) is 16.4. The fourth-order valence-electron chi connectivity index (χ4n) is 3.36. The predicted molar refractivity (Wildman–Crippen MR) is 141 cm³/mol. The van der Waals surface area contributed by atoms with Crippen molar-refractivity contribution in [1.29, 1.82) is 0 Å². The molecule has 0 amide bonds. The Hall–Kier alpha value is -1.67. The van der Waals surface area contributed by atoms with Gasteiger partial charge in [-0.2, -0.15) is 0 Å². The number of benzene rings is 2. The van der Waals surface area contributed by atoms with Crippen LogP contribution in [0.3, 0.4) is 0 Å². The van der Waals surface area contributed by atoms with Gasteiger partial charge >= 0.3 is 5.97 Å². The highest BCUT2D eigenvalue weighted by atomic mass is 35.5. The van der Waals surface area contributed by atoms with Gasteiger partial charge in [0.1, 0.15) is 18.5 Å². The molecule has 2 aromatic rings. The largest absolute Gasteiger partial charge is 0.490 e. The minimum absolute atomic E-state index is 0.0386. The van der Waals surface area contributed by atoms with Gasteiger partial charge in [0.25, 0.3) is 0 Å². The highest BCUT2D eigenvalue weighted by Crippen LogP contribution is 2.40. The lowest BCUT2D eigenvalue weighted by Crippen LogP contribution is -2.32. The van der Waals surface area contributed by atoms with E-state index in [9.17, 15) is 13.2 Å². The molecule has 0 bridgehead atoms. The minimum Gasteiger partial charge on any atom is -0.490 e. The van der Waals surface area contributed by atoms with Crippen LogP contribution in [0.4, 0.5) is 0 Å². The number of carbonyl (C=O) groups is 1. The first kappa shape index (κ1) is 29.6. The molecule has 0 N–H and O–H groups in total. The van der Waals surface area contributed by atoms with Crippen LogP contribution in [0, 0.1) is 0 Å². The number of alkyl halides is 1. The van der Waals surface area contributed by atoms with Crippen molar-refractivity contribution >= 4 is 50.6 Å². The van der Waals surface area contributed by atoms with E-state index in [4.69, 9.17) is 49.0 Å². The van der Waals surface area contributed by atoms with Gasteiger partial charge in [0.2, 0.25) is 0 Å². The Morgan fingerprint density at radius 3 is 2.14 bits per heavy atom. The van der Waals surface area contributed by atoms with E-state index in [1.165, 1.54) is 6.92 Å². The summed E-state index contributed by atoms with van der Waals surface area (Å²) in [5.41, 5.74) is 1.46. The van der Waals surface area contributed by atoms with Gasteiger partial charge in [0, 0.05) is 24.0 Å². The van der Waals surface area contributed by atoms with Crippen molar-refractivity contribution in [3.8, 4) is 11.5 Å². The van der Waals surface area contributed by atoms with Gasteiger partial charge in [-0.05, 0) is 41.8 Å². The van der Waals surface area contributed by atoms with Crippen LogP contribution in [0.2, 0.25) is 10.0 Å². The average molecular weight is 566 g/mol. The third kappa shape index (κ3) is 8.74. The van der Waals surface area contributed by atoms with Crippen molar-refractivity contribution < 1.29 is 27.4 Å². The molecule has 2 aromatic carbocycles. The number of halogens is 3. The van der Waals surface area contributed by atoms with E-state index in [2.05, 4.69) is 0 Å². The molecule has 0 aliphatic heterocycles. The zero-order valence-corrected chi connectivity index (χ0v) is 23.4. The SMILES string of the molecule is CCS(=O)(=O)CC(COc1ccc(C(C)(C)c2cc(Cl)c(OCCCCl)c(Cl)c2)cc1)OC(C)=O. The van der Waals surface area contributed by atoms with Gasteiger partial charge < -0.3 is 14.2 Å². The van der Waals surface area contributed by atoms with E-state index in [1.54, 1.807) is 19.1 Å². The maximum atomic E-state index is 11.9. The van der Waals surface area contributed by atoms with Gasteiger partial charge in [-0.3, -0.25) is 4.79 Å². The van der Waals surface area contributed by atoms with E-state index in [-0.39, 0.29) is 18.1 Å². The van der Waals surface area contributed by atoms with Crippen LogP contribution in [0.25, 0.3) is 0 Å². The van der Waals surface area contributed by atoms with E-state index >= 15 is 0 Å². The van der Waals surface area contributed by atoms with Gasteiger partial charge in [-0.25, -0.2) is 8.42 Å². The van der Waals surface area contributed by atoms with Crippen molar-refractivity contribution in [1.82, 2.24) is 0 Å². The molecule has 0 fully saturated rings. The molecular weight excluding hydrogens is 535 g/mol. The summed E-state index contributed by atoms with van der Waals surface area (Å²) in [5.74, 6) is 0.561. The Morgan fingerprint density at radius 1 is 1.03 bits per heavy atom. The van der Waals surface area contributed by atoms with Gasteiger partial charge in [0.05, 0.1) is 22.4 Å². The van der Waals surface area contributed by atoms with Gasteiger partial charge in [-0.1, -0.05) is 56.1 Å². The second-order valence-electron chi connectivity index (χ2n) is 8.55. The van der Waals surface area contributed by atoms with Crippen molar-refractivity contribution in [3.63, 3.8) is 0 Å². The first-order valence-electron chi connectivity index (χ1n) is 11.2. The normalized spacial score (nSPS) is 12.8. The summed E-state index contributed by atoms with van der Waals surface area (Å²) in [7, 11) is -3.34. The summed E-state index contributed by atoms with van der Waals surface area (Å²) in [6.45, 7) is 7.23. The van der Waals surface area contributed by atoms with Crippen molar-refractivity contribution in [2.45, 2.75) is 45.6 Å². The Balaban J connectivity index is 2.15. The molecule has 0 saturated heterocycles. The number of esters is 1. The molecule has 194 valence electrons. The number of sulfone groups is 1. The molecule has 0 radical (unpaired) electrons. The average Bonchev–Trinajstić information content (AvgIpc) is 2.79. The van der Waals surface area contributed by atoms with Crippen LogP contribution in [-0.2, 0) is 24.8 Å². The first-order valence-corrected chi connectivity index (χ1v) is 14.3. The smallest absolute Gasteiger partial charge is 0.303 e. The molecule has 0 saturated carbocycles. The third-order valence-corrected chi connectivity index (χ3v) is 8.06. The molecule has 2 rings (SSSR count). The third-order valence-electron chi connectivity index (χ3n) is 5.47. The van der Waals surface area contributed by atoms with Crippen molar-refractivity contribution in [2.75, 3.05) is 30.6 Å². The molecule has 0 heterocycles. The van der Waals surface area contributed by atoms with E-state index in [1.807, 2.05) is 38.1 Å². The second-order valence-corrected chi connectivity index (χ2v) is 12.1. The van der Waals surface area contributed by atoms with Crippen LogP contribution >= 0.6 is 34.8 Å². The monoisotopic (exact) mass is 564 g/mol. The van der Waals surface area contributed by atoms with Crippen LogP contribution in [0.15, 0.2) is 36.4 Å². The van der Waals surface area contributed by atoms with Crippen molar-refractivity contribution in [3.05, 3.63) is 57.6 Å². The summed E-state index contributed by atoms with van der Waals surface area (Å²) in [6.07, 6.45) is -0.200. The maximum Gasteiger partial charge on any atom is 0.303 e. The maximum absolute atomic E-state index is 11.9. The Morgan fingerprint density at radius 2 is 1.63 bits per heavy atom. The molecule has 0 aliphatic rings. The minimum atomic E-state index is -3.34. The molecule has 10 heteroatoms. The number of ether oxygens (including phenoxy) is 3. The zero-order chi connectivity index (χ0) is 26.2. The van der Waals surface area contributed by atoms with E-state index in [0.29, 0.717) is 40.5 Å². The number of hydrogen-bond donors (Lipinski definition) is 0. The quantitative estimate of drug-likeness (QED) is 0.167. The van der Waals surface area contributed by atoms with Gasteiger partial charge in [-0.15, -0.1) is 11.6 Å². The van der Waals surface area contributed by atoms with E-state index in [0.717, 1.165) is 11.1 Å². The summed E-state index contributed by atoms with van der Waals surface area (Å²) in [4.78, 5) is 11.4. The fourth-order valence-corrected chi connectivity index (χ4v) is 5.03. The van der Waals surface area contributed by atoms with Crippen LogP contribution in [0.1, 0.15) is 45.2 Å². The fraction of sp³-hybridized carbons (Fsp3) is 0.480. The van der Waals surface area contributed by atoms with Crippen LogP contribution in [-0.4, -0.2) is 51.1 Å². The molecule has 6 nitrogen and oxygen atoms in total.